The van der Waals surface area contributed by atoms with Gasteiger partial charge < -0.3 is 10.5 Å². The molecule has 0 aromatic carbocycles. The van der Waals surface area contributed by atoms with Crippen LogP contribution in [-0.4, -0.2) is 19.1 Å². The Morgan fingerprint density at radius 2 is 2.33 bits per heavy atom. The van der Waals surface area contributed by atoms with Crippen molar-refractivity contribution in [2.75, 3.05) is 7.11 Å². The first-order valence-electron chi connectivity index (χ1n) is 4.54. The molecule has 0 unspecified atom stereocenters. The van der Waals surface area contributed by atoms with E-state index in [2.05, 4.69) is 4.74 Å². The van der Waals surface area contributed by atoms with Crippen molar-refractivity contribution < 1.29 is 9.53 Å². The number of esters is 1. The molecular formula is C9H17NO2. The van der Waals surface area contributed by atoms with Gasteiger partial charge in [0.05, 0.1) is 7.11 Å². The maximum atomic E-state index is 10.9. The Morgan fingerprint density at radius 1 is 1.58 bits per heavy atom. The van der Waals surface area contributed by atoms with Crippen LogP contribution in [0.25, 0.3) is 0 Å². The molecule has 0 saturated heterocycles. The van der Waals surface area contributed by atoms with Crippen molar-refractivity contribution in [1.29, 1.82) is 0 Å². The minimum atomic E-state index is -0.103. The molecule has 0 aromatic heterocycles. The van der Waals surface area contributed by atoms with Crippen molar-refractivity contribution in [3.05, 3.63) is 0 Å². The minimum absolute atomic E-state index is 0.103. The summed E-state index contributed by atoms with van der Waals surface area (Å²) >= 11 is 0. The monoisotopic (exact) mass is 171 g/mol. The Hall–Kier alpha value is -0.570. The van der Waals surface area contributed by atoms with E-state index in [-0.39, 0.29) is 5.97 Å². The van der Waals surface area contributed by atoms with Crippen molar-refractivity contribution in [1.82, 2.24) is 0 Å². The average molecular weight is 171 g/mol. The lowest BCUT2D eigenvalue weighted by Gasteiger charge is -2.25. The van der Waals surface area contributed by atoms with Crippen LogP contribution >= 0.6 is 0 Å². The molecule has 0 spiro atoms. The number of carbonyl (C=O) groups excluding carboxylic acids is 1. The van der Waals surface area contributed by atoms with Gasteiger partial charge in [-0.2, -0.15) is 0 Å². The molecule has 0 radical (unpaired) electrons. The second kappa shape index (κ2) is 4.45. The third kappa shape index (κ3) is 2.81. The highest BCUT2D eigenvalue weighted by atomic mass is 16.5. The molecule has 12 heavy (non-hydrogen) atoms. The zero-order valence-corrected chi connectivity index (χ0v) is 7.58. The SMILES string of the molecule is COC(=O)C[C@@H]1CCC[C@@H](N)C1. The Labute approximate surface area is 73.3 Å². The van der Waals surface area contributed by atoms with E-state index in [9.17, 15) is 4.79 Å². The first-order valence-corrected chi connectivity index (χ1v) is 4.54. The minimum Gasteiger partial charge on any atom is -0.469 e. The standard InChI is InChI=1S/C9H17NO2/c1-12-9(11)6-7-3-2-4-8(10)5-7/h7-8H,2-6,10H2,1H3/t7-,8-/m1/s1. The van der Waals surface area contributed by atoms with Crippen LogP contribution in [0.4, 0.5) is 0 Å². The molecule has 0 amide bonds. The van der Waals surface area contributed by atoms with Crippen molar-refractivity contribution in [3.8, 4) is 0 Å². The number of hydrogen-bond acceptors (Lipinski definition) is 3. The fourth-order valence-corrected chi connectivity index (χ4v) is 1.84. The molecule has 1 fully saturated rings. The van der Waals surface area contributed by atoms with Crippen LogP contribution in [0, 0.1) is 5.92 Å². The number of hydrogen-bond donors (Lipinski definition) is 1. The highest BCUT2D eigenvalue weighted by Crippen LogP contribution is 2.25. The van der Waals surface area contributed by atoms with E-state index in [1.165, 1.54) is 7.11 Å². The lowest BCUT2D eigenvalue weighted by molar-refractivity contribution is -0.142. The Morgan fingerprint density at radius 3 is 2.92 bits per heavy atom. The number of ether oxygens (including phenoxy) is 1. The van der Waals surface area contributed by atoms with Crippen molar-refractivity contribution in [3.63, 3.8) is 0 Å². The normalized spacial score (nSPS) is 29.8. The van der Waals surface area contributed by atoms with Gasteiger partial charge in [-0.15, -0.1) is 0 Å². The fourth-order valence-electron chi connectivity index (χ4n) is 1.84. The van der Waals surface area contributed by atoms with Gasteiger partial charge in [0.15, 0.2) is 0 Å². The molecule has 0 bridgehead atoms. The van der Waals surface area contributed by atoms with Crippen LogP contribution in [0.3, 0.4) is 0 Å². The Kier molecular flexibility index (Phi) is 3.53. The van der Waals surface area contributed by atoms with Crippen molar-refractivity contribution >= 4 is 5.97 Å². The van der Waals surface area contributed by atoms with Gasteiger partial charge in [-0.3, -0.25) is 4.79 Å². The Balaban J connectivity index is 2.27. The van der Waals surface area contributed by atoms with Crippen molar-refractivity contribution in [2.45, 2.75) is 38.1 Å². The molecule has 0 heterocycles. The predicted molar refractivity (Wildman–Crippen MR) is 46.6 cm³/mol. The van der Waals surface area contributed by atoms with Gasteiger partial charge in [0.1, 0.15) is 0 Å². The number of rotatable bonds is 2. The largest absolute Gasteiger partial charge is 0.469 e. The smallest absolute Gasteiger partial charge is 0.305 e. The summed E-state index contributed by atoms with van der Waals surface area (Å²) in [6.07, 6.45) is 4.92. The van der Waals surface area contributed by atoms with Crippen LogP contribution in [-0.2, 0) is 9.53 Å². The highest BCUT2D eigenvalue weighted by molar-refractivity contribution is 5.69. The van der Waals surface area contributed by atoms with E-state index in [0.29, 0.717) is 18.4 Å². The summed E-state index contributed by atoms with van der Waals surface area (Å²) in [6.45, 7) is 0. The van der Waals surface area contributed by atoms with E-state index < -0.39 is 0 Å². The highest BCUT2D eigenvalue weighted by Gasteiger charge is 2.21. The van der Waals surface area contributed by atoms with Gasteiger partial charge in [-0.1, -0.05) is 6.42 Å². The van der Waals surface area contributed by atoms with E-state index in [0.717, 1.165) is 25.7 Å². The van der Waals surface area contributed by atoms with Crippen LogP contribution in [0.5, 0.6) is 0 Å². The van der Waals surface area contributed by atoms with E-state index in [1.54, 1.807) is 0 Å². The summed E-state index contributed by atoms with van der Waals surface area (Å²) in [7, 11) is 1.44. The second-order valence-corrected chi connectivity index (χ2v) is 3.57. The molecular weight excluding hydrogens is 154 g/mol. The predicted octanol–water partition coefficient (Wildman–Crippen LogP) is 1.07. The summed E-state index contributed by atoms with van der Waals surface area (Å²) in [5, 5.41) is 0. The summed E-state index contributed by atoms with van der Waals surface area (Å²) in [6, 6.07) is 0.299. The molecule has 0 aromatic rings. The molecule has 1 saturated carbocycles. The van der Waals surface area contributed by atoms with E-state index in [1.807, 2.05) is 0 Å². The van der Waals surface area contributed by atoms with Gasteiger partial charge in [0.2, 0.25) is 0 Å². The second-order valence-electron chi connectivity index (χ2n) is 3.57. The summed E-state index contributed by atoms with van der Waals surface area (Å²) in [5.41, 5.74) is 5.79. The zero-order valence-electron chi connectivity index (χ0n) is 7.58. The Bertz CT molecular complexity index is 159. The van der Waals surface area contributed by atoms with Crippen LogP contribution in [0.1, 0.15) is 32.1 Å². The molecule has 1 aliphatic carbocycles. The van der Waals surface area contributed by atoms with Gasteiger partial charge in [0.25, 0.3) is 0 Å². The van der Waals surface area contributed by atoms with Gasteiger partial charge in [0, 0.05) is 12.5 Å². The molecule has 70 valence electrons. The third-order valence-corrected chi connectivity index (χ3v) is 2.51. The zero-order chi connectivity index (χ0) is 8.97. The maximum Gasteiger partial charge on any atom is 0.305 e. The quantitative estimate of drug-likeness (QED) is 0.632. The van der Waals surface area contributed by atoms with Crippen LogP contribution in [0.15, 0.2) is 0 Å². The number of nitrogens with two attached hydrogens (primary N) is 1. The summed E-state index contributed by atoms with van der Waals surface area (Å²) in [5.74, 6) is 0.357. The van der Waals surface area contributed by atoms with Crippen molar-refractivity contribution in [2.24, 2.45) is 11.7 Å². The van der Waals surface area contributed by atoms with E-state index in [4.69, 9.17) is 5.73 Å². The fraction of sp³-hybridized carbons (Fsp3) is 0.889. The number of methoxy groups -OCH3 is 1. The average Bonchev–Trinajstić information content (AvgIpc) is 2.04. The van der Waals surface area contributed by atoms with Gasteiger partial charge >= 0.3 is 5.97 Å². The van der Waals surface area contributed by atoms with Crippen LogP contribution in [0.2, 0.25) is 0 Å². The summed E-state index contributed by atoms with van der Waals surface area (Å²) < 4.78 is 4.61. The molecule has 0 aliphatic heterocycles. The first-order chi connectivity index (χ1) is 5.72. The third-order valence-electron chi connectivity index (χ3n) is 2.51. The first kappa shape index (κ1) is 9.52. The molecule has 2 atom stereocenters. The maximum absolute atomic E-state index is 10.9. The van der Waals surface area contributed by atoms with Gasteiger partial charge in [-0.05, 0) is 25.2 Å². The van der Waals surface area contributed by atoms with Gasteiger partial charge in [-0.25, -0.2) is 0 Å². The number of carbonyl (C=O) groups is 1. The van der Waals surface area contributed by atoms with E-state index >= 15 is 0 Å². The van der Waals surface area contributed by atoms with Crippen LogP contribution < -0.4 is 5.73 Å². The molecule has 1 rings (SSSR count). The lowest BCUT2D eigenvalue weighted by Crippen LogP contribution is -2.29. The molecule has 3 heteroatoms. The molecule has 3 nitrogen and oxygen atoms in total. The summed E-state index contributed by atoms with van der Waals surface area (Å²) in [4.78, 5) is 10.9. The molecule has 1 aliphatic rings. The lowest BCUT2D eigenvalue weighted by atomic mass is 9.84. The topological polar surface area (TPSA) is 52.3 Å². The molecule has 2 N–H and O–H groups in total.